The SMILES string of the molecule is CCC(C)C(NC(=O)C(F)(F)F)C(=O)OCC(F)(F)C(F)(F)F. The summed E-state index contributed by atoms with van der Waals surface area (Å²) in [6.07, 6.45) is -11.3. The molecule has 1 N–H and O–H groups in total. The second kappa shape index (κ2) is 7.30. The van der Waals surface area contributed by atoms with Crippen molar-refractivity contribution in [2.75, 3.05) is 6.61 Å². The topological polar surface area (TPSA) is 55.4 Å². The minimum atomic E-state index is -5.99. The van der Waals surface area contributed by atoms with E-state index in [1.807, 2.05) is 0 Å². The summed E-state index contributed by atoms with van der Waals surface area (Å²) in [6.45, 7) is 0.184. The zero-order valence-electron chi connectivity index (χ0n) is 11.8. The van der Waals surface area contributed by atoms with Crippen LogP contribution in [-0.4, -0.2) is 42.8 Å². The van der Waals surface area contributed by atoms with Gasteiger partial charge in [0.1, 0.15) is 6.04 Å². The van der Waals surface area contributed by atoms with Crippen LogP contribution < -0.4 is 5.32 Å². The van der Waals surface area contributed by atoms with Gasteiger partial charge in [0.2, 0.25) is 0 Å². The monoisotopic (exact) mass is 359 g/mol. The Kier molecular flexibility index (Phi) is 6.79. The summed E-state index contributed by atoms with van der Waals surface area (Å²) in [7, 11) is 0. The largest absolute Gasteiger partial charge is 0.471 e. The third-order valence-electron chi connectivity index (χ3n) is 2.82. The lowest BCUT2D eigenvalue weighted by Gasteiger charge is -2.25. The van der Waals surface area contributed by atoms with Gasteiger partial charge in [-0.05, 0) is 5.92 Å². The van der Waals surface area contributed by atoms with E-state index in [0.717, 1.165) is 0 Å². The first-order chi connectivity index (χ1) is 10.1. The smallest absolute Gasteiger partial charge is 0.457 e. The van der Waals surface area contributed by atoms with Gasteiger partial charge in [0.05, 0.1) is 0 Å². The van der Waals surface area contributed by atoms with E-state index in [0.29, 0.717) is 0 Å². The molecule has 0 saturated carbocycles. The van der Waals surface area contributed by atoms with E-state index >= 15 is 0 Å². The molecule has 0 bridgehead atoms. The Morgan fingerprint density at radius 1 is 1.04 bits per heavy atom. The molecule has 4 nitrogen and oxygen atoms in total. The van der Waals surface area contributed by atoms with Crippen molar-refractivity contribution in [1.82, 2.24) is 5.32 Å². The molecule has 1 amide bonds. The number of nitrogens with one attached hydrogen (secondary N) is 1. The van der Waals surface area contributed by atoms with Crippen molar-refractivity contribution >= 4 is 11.9 Å². The molecule has 0 saturated heterocycles. The highest BCUT2D eigenvalue weighted by atomic mass is 19.4. The van der Waals surface area contributed by atoms with Crippen LogP contribution >= 0.6 is 0 Å². The van der Waals surface area contributed by atoms with Crippen LogP contribution in [0.25, 0.3) is 0 Å². The highest BCUT2D eigenvalue weighted by Crippen LogP contribution is 2.35. The maximum Gasteiger partial charge on any atom is 0.471 e. The molecule has 0 aliphatic carbocycles. The minimum absolute atomic E-state index is 0.0214. The van der Waals surface area contributed by atoms with Crippen LogP contribution in [0.4, 0.5) is 35.1 Å². The first-order valence-corrected chi connectivity index (χ1v) is 6.12. The van der Waals surface area contributed by atoms with Crippen molar-refractivity contribution < 1.29 is 49.4 Å². The first-order valence-electron chi connectivity index (χ1n) is 6.12. The van der Waals surface area contributed by atoms with Gasteiger partial charge < -0.3 is 10.1 Å². The molecule has 0 aromatic carbocycles. The van der Waals surface area contributed by atoms with Crippen molar-refractivity contribution in [3.05, 3.63) is 0 Å². The van der Waals surface area contributed by atoms with Gasteiger partial charge in [-0.3, -0.25) is 4.79 Å². The Hall–Kier alpha value is -1.62. The average molecular weight is 359 g/mol. The Morgan fingerprint density at radius 3 is 1.87 bits per heavy atom. The zero-order valence-corrected chi connectivity index (χ0v) is 11.8. The van der Waals surface area contributed by atoms with Gasteiger partial charge in [0, 0.05) is 0 Å². The molecule has 2 unspecified atom stereocenters. The van der Waals surface area contributed by atoms with Crippen LogP contribution in [0, 0.1) is 5.92 Å². The lowest BCUT2D eigenvalue weighted by atomic mass is 9.99. The van der Waals surface area contributed by atoms with E-state index in [1.165, 1.54) is 19.2 Å². The molecule has 23 heavy (non-hydrogen) atoms. The van der Waals surface area contributed by atoms with Crippen molar-refractivity contribution in [2.45, 2.75) is 44.6 Å². The molecule has 0 aliphatic rings. The van der Waals surface area contributed by atoms with Crippen LogP contribution in [0.5, 0.6) is 0 Å². The van der Waals surface area contributed by atoms with E-state index in [9.17, 15) is 44.7 Å². The molecule has 0 heterocycles. The number of esters is 1. The molecule has 0 aromatic rings. The Balaban J connectivity index is 5.01. The molecular weight excluding hydrogens is 346 g/mol. The number of amides is 1. The number of ether oxygens (including phenoxy) is 1. The molecule has 0 fully saturated rings. The second-order valence-corrected chi connectivity index (χ2v) is 4.64. The van der Waals surface area contributed by atoms with Crippen molar-refractivity contribution in [2.24, 2.45) is 5.92 Å². The summed E-state index contributed by atoms with van der Waals surface area (Å²) in [6, 6.07) is -2.02. The van der Waals surface area contributed by atoms with E-state index in [4.69, 9.17) is 0 Å². The van der Waals surface area contributed by atoms with Crippen LogP contribution in [0.1, 0.15) is 20.3 Å². The van der Waals surface area contributed by atoms with Gasteiger partial charge in [0.25, 0.3) is 0 Å². The average Bonchev–Trinajstić information content (AvgIpc) is 2.38. The molecule has 0 aliphatic heterocycles. The van der Waals surface area contributed by atoms with Crippen LogP contribution in [0.2, 0.25) is 0 Å². The van der Waals surface area contributed by atoms with Crippen molar-refractivity contribution in [3.8, 4) is 0 Å². The van der Waals surface area contributed by atoms with Crippen LogP contribution in [0.15, 0.2) is 0 Å². The van der Waals surface area contributed by atoms with Gasteiger partial charge in [-0.1, -0.05) is 20.3 Å². The molecule has 0 aromatic heterocycles. The van der Waals surface area contributed by atoms with Gasteiger partial charge in [-0.2, -0.15) is 35.1 Å². The number of hydrogen-bond donors (Lipinski definition) is 1. The lowest BCUT2D eigenvalue weighted by molar-refractivity contribution is -0.294. The van der Waals surface area contributed by atoms with Crippen molar-refractivity contribution in [1.29, 1.82) is 0 Å². The van der Waals surface area contributed by atoms with E-state index in [-0.39, 0.29) is 6.42 Å². The summed E-state index contributed by atoms with van der Waals surface area (Å²) < 4.78 is 101. The Morgan fingerprint density at radius 2 is 1.52 bits per heavy atom. The fraction of sp³-hybridized carbons (Fsp3) is 0.818. The summed E-state index contributed by atoms with van der Waals surface area (Å²) >= 11 is 0. The number of carbonyl (C=O) groups is 2. The number of alkyl halides is 8. The predicted octanol–water partition coefficient (Wildman–Crippen LogP) is 2.82. The molecule has 136 valence electrons. The maximum absolute atomic E-state index is 12.6. The highest BCUT2D eigenvalue weighted by molar-refractivity contribution is 5.87. The molecule has 0 radical (unpaired) electrons. The second-order valence-electron chi connectivity index (χ2n) is 4.64. The normalized spacial score (nSPS) is 15.7. The number of carbonyl (C=O) groups excluding carboxylic acids is 2. The maximum atomic E-state index is 12.6. The summed E-state index contributed by atoms with van der Waals surface area (Å²) in [5.74, 6) is -10.7. The molecule has 0 rings (SSSR count). The van der Waals surface area contributed by atoms with E-state index in [1.54, 1.807) is 0 Å². The fourth-order valence-corrected chi connectivity index (χ4v) is 1.23. The van der Waals surface area contributed by atoms with Crippen LogP contribution in [-0.2, 0) is 14.3 Å². The molecule has 12 heteroatoms. The lowest BCUT2D eigenvalue weighted by Crippen LogP contribution is -2.51. The molecular formula is C11H13F8NO3. The fourth-order valence-electron chi connectivity index (χ4n) is 1.23. The molecule has 0 spiro atoms. The Bertz CT molecular complexity index is 432. The van der Waals surface area contributed by atoms with Gasteiger partial charge in [-0.15, -0.1) is 0 Å². The highest BCUT2D eigenvalue weighted by Gasteiger charge is 2.58. The third-order valence-corrected chi connectivity index (χ3v) is 2.82. The summed E-state index contributed by atoms with van der Waals surface area (Å²) in [5, 5.41) is 1.22. The van der Waals surface area contributed by atoms with Crippen LogP contribution in [0.3, 0.4) is 0 Å². The van der Waals surface area contributed by atoms with Gasteiger partial charge in [0.15, 0.2) is 6.61 Å². The number of hydrogen-bond acceptors (Lipinski definition) is 3. The first kappa shape index (κ1) is 21.4. The Labute approximate surface area is 125 Å². The zero-order chi connectivity index (χ0) is 18.6. The summed E-state index contributed by atoms with van der Waals surface area (Å²) in [4.78, 5) is 22.3. The predicted molar refractivity (Wildman–Crippen MR) is 59.4 cm³/mol. The van der Waals surface area contributed by atoms with Gasteiger partial charge >= 0.3 is 30.2 Å². The van der Waals surface area contributed by atoms with Crippen molar-refractivity contribution in [3.63, 3.8) is 0 Å². The number of halogens is 8. The minimum Gasteiger partial charge on any atom is -0.457 e. The van der Waals surface area contributed by atoms with E-state index < -0.39 is 48.7 Å². The summed E-state index contributed by atoms with van der Waals surface area (Å²) in [5.41, 5.74) is 0. The standard InChI is InChI=1S/C11H13F8NO3/c1-3-5(2)6(20-8(22)10(14,15)16)7(21)23-4-9(12,13)11(17,18)19/h5-6H,3-4H2,1-2H3,(H,20,22). The quantitative estimate of drug-likeness (QED) is 0.586. The van der Waals surface area contributed by atoms with Gasteiger partial charge in [-0.25, -0.2) is 4.79 Å². The van der Waals surface area contributed by atoms with E-state index in [2.05, 4.69) is 4.74 Å². The third kappa shape index (κ3) is 6.18. The molecule has 2 atom stereocenters. The number of rotatable bonds is 6.